The number of nitrogens with one attached hydrogen (secondary N) is 1. The summed E-state index contributed by atoms with van der Waals surface area (Å²) in [6.07, 6.45) is 2.45. The van der Waals surface area contributed by atoms with E-state index in [1.165, 1.54) is 6.07 Å². The monoisotopic (exact) mass is 266 g/mol. The number of oxazole rings is 1. The number of hydrogen-bond donors (Lipinski definition) is 1. The zero-order chi connectivity index (χ0) is 13.8. The van der Waals surface area contributed by atoms with E-state index in [0.717, 1.165) is 24.3 Å². The maximum absolute atomic E-state index is 13.6. The summed E-state index contributed by atoms with van der Waals surface area (Å²) < 4.78 is 32.1. The van der Waals surface area contributed by atoms with Gasteiger partial charge in [0.1, 0.15) is 17.4 Å². The quantitative estimate of drug-likeness (QED) is 0.901. The number of aromatic nitrogens is 1. The molecule has 0 saturated carbocycles. The van der Waals surface area contributed by atoms with Crippen molar-refractivity contribution in [1.82, 2.24) is 10.3 Å². The Balaban J connectivity index is 2.00. The summed E-state index contributed by atoms with van der Waals surface area (Å²) in [6, 6.07) is 3.10. The second-order valence-electron chi connectivity index (χ2n) is 4.34. The zero-order valence-corrected chi connectivity index (χ0v) is 10.9. The highest BCUT2D eigenvalue weighted by Gasteiger charge is 2.12. The molecule has 0 saturated heterocycles. The van der Waals surface area contributed by atoms with Gasteiger partial charge in [0, 0.05) is 18.0 Å². The van der Waals surface area contributed by atoms with Crippen LogP contribution in [-0.2, 0) is 13.0 Å². The third-order valence-corrected chi connectivity index (χ3v) is 2.93. The van der Waals surface area contributed by atoms with Crippen molar-refractivity contribution in [3.63, 3.8) is 0 Å². The molecule has 2 aromatic rings. The van der Waals surface area contributed by atoms with Crippen LogP contribution in [0.15, 0.2) is 28.8 Å². The van der Waals surface area contributed by atoms with Gasteiger partial charge in [-0.2, -0.15) is 0 Å². The molecule has 0 radical (unpaired) electrons. The van der Waals surface area contributed by atoms with Crippen LogP contribution in [-0.4, -0.2) is 4.98 Å². The Morgan fingerprint density at radius 2 is 2.16 bits per heavy atom. The summed E-state index contributed by atoms with van der Waals surface area (Å²) in [5, 5.41) is 3.06. The average Bonchev–Trinajstić information content (AvgIpc) is 2.87. The largest absolute Gasteiger partial charge is 0.444 e. The van der Waals surface area contributed by atoms with Crippen molar-refractivity contribution in [1.29, 1.82) is 0 Å². The zero-order valence-electron chi connectivity index (χ0n) is 10.9. The molecule has 0 amide bonds. The number of halogens is 2. The molecule has 102 valence electrons. The minimum absolute atomic E-state index is 0.294. The minimum Gasteiger partial charge on any atom is -0.444 e. The summed E-state index contributed by atoms with van der Waals surface area (Å²) >= 11 is 0. The van der Waals surface area contributed by atoms with Crippen LogP contribution in [0.25, 0.3) is 0 Å². The predicted molar refractivity (Wildman–Crippen MR) is 67.5 cm³/mol. The van der Waals surface area contributed by atoms with Crippen LogP contribution in [0.5, 0.6) is 0 Å². The van der Waals surface area contributed by atoms with Crippen molar-refractivity contribution in [2.75, 3.05) is 0 Å². The molecule has 1 N–H and O–H groups in total. The fourth-order valence-corrected chi connectivity index (χ4v) is 1.79. The van der Waals surface area contributed by atoms with Gasteiger partial charge in [-0.1, -0.05) is 6.92 Å². The van der Waals surface area contributed by atoms with Crippen LogP contribution in [0, 0.1) is 11.6 Å². The summed E-state index contributed by atoms with van der Waals surface area (Å²) in [5.74, 6) is 0.472. The van der Waals surface area contributed by atoms with E-state index < -0.39 is 11.6 Å². The van der Waals surface area contributed by atoms with Crippen molar-refractivity contribution in [3.05, 3.63) is 53.2 Å². The molecule has 2 rings (SSSR count). The van der Waals surface area contributed by atoms with Gasteiger partial charge in [-0.15, -0.1) is 0 Å². The van der Waals surface area contributed by atoms with Gasteiger partial charge in [-0.3, -0.25) is 0 Å². The van der Waals surface area contributed by atoms with Crippen molar-refractivity contribution >= 4 is 0 Å². The van der Waals surface area contributed by atoms with Crippen LogP contribution < -0.4 is 5.32 Å². The van der Waals surface area contributed by atoms with Crippen LogP contribution in [0.2, 0.25) is 0 Å². The lowest BCUT2D eigenvalue weighted by Crippen LogP contribution is -2.19. The number of aryl methyl sites for hydroxylation is 1. The number of nitrogens with zero attached hydrogens (tertiary/aromatic N) is 1. The van der Waals surface area contributed by atoms with E-state index in [4.69, 9.17) is 4.42 Å². The molecule has 1 unspecified atom stereocenters. The van der Waals surface area contributed by atoms with E-state index in [1.807, 2.05) is 6.92 Å². The topological polar surface area (TPSA) is 38.1 Å². The molecule has 0 aliphatic heterocycles. The predicted octanol–water partition coefficient (Wildman–Crippen LogP) is 3.37. The molecule has 19 heavy (non-hydrogen) atoms. The van der Waals surface area contributed by atoms with Crippen LogP contribution >= 0.6 is 0 Å². The number of rotatable bonds is 5. The molecule has 1 atom stereocenters. The van der Waals surface area contributed by atoms with Gasteiger partial charge in [0.05, 0.1) is 12.7 Å². The standard InChI is InChI=1S/C14H16F2N2O/c1-3-11-7-18-14(19-11)8-17-9(2)12-6-10(15)4-5-13(12)16/h4-7,9,17H,3,8H2,1-2H3. The Kier molecular flexibility index (Phi) is 4.27. The lowest BCUT2D eigenvalue weighted by Gasteiger charge is -2.13. The van der Waals surface area contributed by atoms with Gasteiger partial charge in [0.2, 0.25) is 5.89 Å². The van der Waals surface area contributed by atoms with Crippen molar-refractivity contribution in [2.45, 2.75) is 32.9 Å². The van der Waals surface area contributed by atoms with E-state index in [2.05, 4.69) is 10.3 Å². The Bertz CT molecular complexity index is 554. The molecular formula is C14H16F2N2O. The normalized spacial score (nSPS) is 12.6. The average molecular weight is 266 g/mol. The molecule has 0 fully saturated rings. The first-order chi connectivity index (χ1) is 9.10. The van der Waals surface area contributed by atoms with E-state index in [9.17, 15) is 8.78 Å². The van der Waals surface area contributed by atoms with Gasteiger partial charge >= 0.3 is 0 Å². The van der Waals surface area contributed by atoms with Gasteiger partial charge in [0.25, 0.3) is 0 Å². The Morgan fingerprint density at radius 1 is 1.37 bits per heavy atom. The van der Waals surface area contributed by atoms with Crippen molar-refractivity contribution < 1.29 is 13.2 Å². The fourth-order valence-electron chi connectivity index (χ4n) is 1.79. The second-order valence-corrected chi connectivity index (χ2v) is 4.34. The molecule has 0 spiro atoms. The van der Waals surface area contributed by atoms with Crippen LogP contribution in [0.4, 0.5) is 8.78 Å². The summed E-state index contributed by atoms with van der Waals surface area (Å²) in [5.41, 5.74) is 0.294. The summed E-state index contributed by atoms with van der Waals surface area (Å²) in [4.78, 5) is 4.10. The Morgan fingerprint density at radius 3 is 2.84 bits per heavy atom. The SMILES string of the molecule is CCc1cnc(CNC(C)c2cc(F)ccc2F)o1. The van der Waals surface area contributed by atoms with E-state index in [1.54, 1.807) is 13.1 Å². The Labute approximate surface area is 110 Å². The molecular weight excluding hydrogens is 250 g/mol. The minimum atomic E-state index is -0.450. The molecule has 1 heterocycles. The smallest absolute Gasteiger partial charge is 0.208 e. The van der Waals surface area contributed by atoms with Crippen molar-refractivity contribution in [3.8, 4) is 0 Å². The second kappa shape index (κ2) is 5.93. The summed E-state index contributed by atoms with van der Waals surface area (Å²) in [7, 11) is 0. The van der Waals surface area contributed by atoms with Gasteiger partial charge < -0.3 is 9.73 Å². The van der Waals surface area contributed by atoms with Crippen LogP contribution in [0.1, 0.15) is 37.1 Å². The highest BCUT2D eigenvalue weighted by atomic mass is 19.1. The lowest BCUT2D eigenvalue weighted by molar-refractivity contribution is 0.419. The molecule has 1 aromatic carbocycles. The van der Waals surface area contributed by atoms with Crippen LogP contribution in [0.3, 0.4) is 0 Å². The van der Waals surface area contributed by atoms with Gasteiger partial charge in [0.15, 0.2) is 0 Å². The molecule has 5 heteroatoms. The van der Waals surface area contributed by atoms with E-state index in [0.29, 0.717) is 18.0 Å². The highest BCUT2D eigenvalue weighted by Crippen LogP contribution is 2.18. The first kappa shape index (κ1) is 13.7. The lowest BCUT2D eigenvalue weighted by atomic mass is 10.1. The summed E-state index contributed by atoms with van der Waals surface area (Å²) in [6.45, 7) is 4.11. The fraction of sp³-hybridized carbons (Fsp3) is 0.357. The molecule has 3 nitrogen and oxygen atoms in total. The maximum Gasteiger partial charge on any atom is 0.208 e. The third-order valence-electron chi connectivity index (χ3n) is 2.93. The highest BCUT2D eigenvalue weighted by molar-refractivity contribution is 5.21. The van der Waals surface area contributed by atoms with E-state index >= 15 is 0 Å². The van der Waals surface area contributed by atoms with Gasteiger partial charge in [-0.05, 0) is 25.1 Å². The van der Waals surface area contributed by atoms with Crippen molar-refractivity contribution in [2.24, 2.45) is 0 Å². The number of benzene rings is 1. The third kappa shape index (κ3) is 3.38. The number of hydrogen-bond acceptors (Lipinski definition) is 3. The first-order valence-electron chi connectivity index (χ1n) is 6.22. The van der Waals surface area contributed by atoms with Gasteiger partial charge in [-0.25, -0.2) is 13.8 Å². The molecule has 1 aromatic heterocycles. The Hall–Kier alpha value is -1.75. The molecule has 0 aliphatic rings. The molecule has 0 aliphatic carbocycles. The van der Waals surface area contributed by atoms with E-state index in [-0.39, 0.29) is 6.04 Å². The first-order valence-corrected chi connectivity index (χ1v) is 6.22. The molecule has 0 bridgehead atoms. The maximum atomic E-state index is 13.6.